The van der Waals surface area contributed by atoms with E-state index in [1.54, 1.807) is 0 Å². The Bertz CT molecular complexity index is 1010. The van der Waals surface area contributed by atoms with E-state index < -0.39 is 8.60 Å². The zero-order chi connectivity index (χ0) is 29.3. The summed E-state index contributed by atoms with van der Waals surface area (Å²) in [5.74, 6) is 1.90. The van der Waals surface area contributed by atoms with Gasteiger partial charge in [0, 0.05) is 17.5 Å². The molecule has 1 aliphatic rings. The highest BCUT2D eigenvalue weighted by Gasteiger charge is 2.32. The molecule has 0 fully saturated rings. The third kappa shape index (κ3) is 9.77. The highest BCUT2D eigenvalue weighted by atomic mass is 31.2. The Labute approximate surface area is 247 Å². The maximum atomic E-state index is 6.72. The van der Waals surface area contributed by atoms with Gasteiger partial charge in [-0.2, -0.15) is 0 Å². The number of hydrogen-bond donors (Lipinski definition) is 0. The molecular weight excluding hydrogens is 511 g/mol. The lowest BCUT2D eigenvalue weighted by molar-refractivity contribution is 0.253. The van der Waals surface area contributed by atoms with Crippen molar-refractivity contribution in [3.8, 4) is 11.5 Å². The Morgan fingerprint density at radius 3 is 1.43 bits per heavy atom. The van der Waals surface area contributed by atoms with Crippen molar-refractivity contribution in [2.24, 2.45) is 0 Å². The van der Waals surface area contributed by atoms with Crippen molar-refractivity contribution in [1.29, 1.82) is 0 Å². The first-order valence-electron chi connectivity index (χ1n) is 16.0. The molecule has 0 N–H and O–H groups in total. The number of benzene rings is 2. The summed E-state index contributed by atoms with van der Waals surface area (Å²) < 4.78 is 19.9. The second-order valence-electron chi connectivity index (χ2n) is 14.1. The molecule has 2 aromatic carbocycles. The van der Waals surface area contributed by atoms with E-state index in [2.05, 4.69) is 86.6 Å². The monoisotopic (exact) mass is 568 g/mol. The van der Waals surface area contributed by atoms with Crippen LogP contribution >= 0.6 is 8.60 Å². The summed E-state index contributed by atoms with van der Waals surface area (Å²) in [6, 6.07) is 9.12. The summed E-state index contributed by atoms with van der Waals surface area (Å²) in [6.07, 6.45) is 15.3. The summed E-state index contributed by atoms with van der Waals surface area (Å²) in [4.78, 5) is 0. The topological polar surface area (TPSA) is 27.7 Å². The van der Waals surface area contributed by atoms with Crippen LogP contribution in [0, 0.1) is 13.8 Å². The highest BCUT2D eigenvalue weighted by Crippen LogP contribution is 2.52. The minimum absolute atomic E-state index is 0.0433. The minimum Gasteiger partial charge on any atom is -0.417 e. The molecule has 2 aromatic rings. The van der Waals surface area contributed by atoms with Crippen LogP contribution in [0.4, 0.5) is 0 Å². The van der Waals surface area contributed by atoms with E-state index in [0.29, 0.717) is 6.61 Å². The van der Waals surface area contributed by atoms with Gasteiger partial charge in [-0.3, -0.25) is 4.52 Å². The predicted molar refractivity (Wildman–Crippen MR) is 173 cm³/mol. The Balaban J connectivity index is 1.73. The van der Waals surface area contributed by atoms with Gasteiger partial charge in [0.25, 0.3) is 0 Å². The van der Waals surface area contributed by atoms with Gasteiger partial charge in [-0.1, -0.05) is 148 Å². The minimum atomic E-state index is -1.57. The van der Waals surface area contributed by atoms with E-state index in [0.717, 1.165) is 24.3 Å². The van der Waals surface area contributed by atoms with Gasteiger partial charge in [0.2, 0.25) is 0 Å². The summed E-state index contributed by atoms with van der Waals surface area (Å²) in [6.45, 7) is 20.9. The van der Waals surface area contributed by atoms with Crippen LogP contribution in [0.5, 0.6) is 11.5 Å². The molecule has 0 saturated heterocycles. The van der Waals surface area contributed by atoms with Gasteiger partial charge in [-0.15, -0.1) is 0 Å². The van der Waals surface area contributed by atoms with Crippen molar-refractivity contribution < 1.29 is 13.6 Å². The maximum Gasteiger partial charge on any atom is 0.463 e. The molecular formula is C36H57O3P. The molecule has 0 saturated carbocycles. The number of fused-ring (bicyclic) bond motifs is 2. The third-order valence-electron chi connectivity index (χ3n) is 7.89. The van der Waals surface area contributed by atoms with Crippen LogP contribution in [0.2, 0.25) is 0 Å². The average Bonchev–Trinajstić information content (AvgIpc) is 2.84. The summed E-state index contributed by atoms with van der Waals surface area (Å²) >= 11 is 0. The second-order valence-corrected chi connectivity index (χ2v) is 15.1. The number of aryl methyl sites for hydroxylation is 2. The van der Waals surface area contributed by atoms with Crippen LogP contribution in [-0.4, -0.2) is 6.61 Å². The normalized spacial score (nSPS) is 14.1. The molecule has 4 heteroatoms. The van der Waals surface area contributed by atoms with Crippen molar-refractivity contribution in [1.82, 2.24) is 0 Å². The van der Waals surface area contributed by atoms with Crippen LogP contribution < -0.4 is 9.05 Å². The molecule has 0 unspecified atom stereocenters. The van der Waals surface area contributed by atoms with Crippen LogP contribution in [-0.2, 0) is 21.8 Å². The fraction of sp³-hybridized carbons (Fsp3) is 0.667. The van der Waals surface area contributed by atoms with Gasteiger partial charge >= 0.3 is 8.60 Å². The third-order valence-corrected chi connectivity index (χ3v) is 8.95. The molecule has 0 aromatic heterocycles. The molecule has 0 spiro atoms. The molecule has 0 amide bonds. The molecule has 0 radical (unpaired) electrons. The summed E-state index contributed by atoms with van der Waals surface area (Å²) in [5, 5.41) is 0. The zero-order valence-corrected chi connectivity index (χ0v) is 28.1. The highest BCUT2D eigenvalue weighted by molar-refractivity contribution is 7.42. The predicted octanol–water partition coefficient (Wildman–Crippen LogP) is 11.8. The van der Waals surface area contributed by atoms with E-state index in [1.165, 1.54) is 97.6 Å². The molecule has 0 aliphatic carbocycles. The Kier molecular flexibility index (Phi) is 12.4. The molecule has 224 valence electrons. The standard InChI is InChI=1S/C36H57O3P/c1-10-11-12-13-14-15-16-17-18-19-20-21-37-40-38-33-29(22-27(2)24-31(33)35(4,5)6)26-30-23-28(3)25-32(34(30)39-40)36(7,8)9/h22-25H,10-21,26H2,1-9H3. The SMILES string of the molecule is CCCCCCCCCCCCCOP1Oc2c(cc(C)cc2C(C)(C)C)Cc2cc(C)cc(C(C)(C)C)c2O1. The van der Waals surface area contributed by atoms with Crippen LogP contribution in [0.3, 0.4) is 0 Å². The first-order valence-corrected chi connectivity index (χ1v) is 17.1. The fourth-order valence-corrected chi connectivity index (χ4v) is 6.77. The Morgan fingerprint density at radius 2 is 1.02 bits per heavy atom. The molecule has 3 rings (SSSR count). The lowest BCUT2D eigenvalue weighted by Gasteiger charge is -2.32. The quantitative estimate of drug-likeness (QED) is 0.178. The van der Waals surface area contributed by atoms with E-state index >= 15 is 0 Å². The van der Waals surface area contributed by atoms with E-state index in [1.807, 2.05) is 0 Å². The van der Waals surface area contributed by atoms with E-state index in [4.69, 9.17) is 13.6 Å². The van der Waals surface area contributed by atoms with E-state index in [-0.39, 0.29) is 10.8 Å². The smallest absolute Gasteiger partial charge is 0.417 e. The van der Waals surface area contributed by atoms with Gasteiger partial charge < -0.3 is 9.05 Å². The van der Waals surface area contributed by atoms with Crippen LogP contribution in [0.1, 0.15) is 152 Å². The summed E-state index contributed by atoms with van der Waals surface area (Å²) in [5.41, 5.74) is 7.36. The molecule has 0 bridgehead atoms. The first kappa shape index (κ1) is 32.9. The largest absolute Gasteiger partial charge is 0.463 e. The Hall–Kier alpha value is -1.57. The van der Waals surface area contributed by atoms with Gasteiger partial charge in [0.05, 0.1) is 6.61 Å². The number of rotatable bonds is 13. The van der Waals surface area contributed by atoms with Gasteiger partial charge in [0.1, 0.15) is 11.5 Å². The maximum absolute atomic E-state index is 6.72. The lowest BCUT2D eigenvalue weighted by Crippen LogP contribution is -2.19. The molecule has 3 nitrogen and oxygen atoms in total. The van der Waals surface area contributed by atoms with Gasteiger partial charge in [-0.05, 0) is 42.2 Å². The second kappa shape index (κ2) is 15.1. The van der Waals surface area contributed by atoms with Crippen molar-refractivity contribution in [2.75, 3.05) is 6.61 Å². The van der Waals surface area contributed by atoms with Crippen LogP contribution in [0.15, 0.2) is 24.3 Å². The number of hydrogen-bond acceptors (Lipinski definition) is 3. The van der Waals surface area contributed by atoms with Gasteiger partial charge in [-0.25, -0.2) is 0 Å². The Morgan fingerprint density at radius 1 is 0.625 bits per heavy atom. The molecule has 0 atom stereocenters. The summed E-state index contributed by atoms with van der Waals surface area (Å²) in [7, 11) is -1.57. The lowest BCUT2D eigenvalue weighted by atomic mass is 9.81. The van der Waals surface area contributed by atoms with Crippen molar-refractivity contribution in [2.45, 2.75) is 150 Å². The van der Waals surface area contributed by atoms with Gasteiger partial charge in [0.15, 0.2) is 0 Å². The van der Waals surface area contributed by atoms with Crippen molar-refractivity contribution in [3.05, 3.63) is 57.6 Å². The zero-order valence-electron chi connectivity index (χ0n) is 27.2. The first-order chi connectivity index (χ1) is 18.9. The van der Waals surface area contributed by atoms with Crippen molar-refractivity contribution in [3.63, 3.8) is 0 Å². The molecule has 1 heterocycles. The fourth-order valence-electron chi connectivity index (χ4n) is 5.62. The van der Waals surface area contributed by atoms with Crippen LogP contribution in [0.25, 0.3) is 0 Å². The molecule has 1 aliphatic heterocycles. The van der Waals surface area contributed by atoms with Crippen molar-refractivity contribution >= 4 is 8.60 Å². The number of unbranched alkanes of at least 4 members (excludes halogenated alkanes) is 10. The molecule has 40 heavy (non-hydrogen) atoms. The van der Waals surface area contributed by atoms with E-state index in [9.17, 15) is 0 Å². The average molecular weight is 569 g/mol.